The minimum atomic E-state index is -0.915. The molecule has 0 bridgehead atoms. The van der Waals surface area contributed by atoms with Crippen molar-refractivity contribution in [1.82, 2.24) is 5.32 Å². The summed E-state index contributed by atoms with van der Waals surface area (Å²) in [6.45, 7) is 2.17. The third-order valence-electron chi connectivity index (χ3n) is 4.63. The van der Waals surface area contributed by atoms with Gasteiger partial charge in [-0.3, -0.25) is 4.79 Å². The number of amides is 1. The summed E-state index contributed by atoms with van der Waals surface area (Å²) in [5.41, 5.74) is 3.75. The summed E-state index contributed by atoms with van der Waals surface area (Å²) in [6, 6.07) is 15.0. The molecule has 3 atom stereocenters. The molecule has 1 aliphatic rings. The number of nitrogens with one attached hydrogen (secondary N) is 1. The van der Waals surface area contributed by atoms with Gasteiger partial charge >= 0.3 is 0 Å². The average Bonchev–Trinajstić information content (AvgIpc) is 2.64. The fourth-order valence-corrected chi connectivity index (χ4v) is 3.17. The maximum absolute atomic E-state index is 12.6. The molecule has 1 aliphatic heterocycles. The Morgan fingerprint density at radius 2 is 2.04 bits per heavy atom. The first-order chi connectivity index (χ1) is 12.1. The number of aliphatic hydroxyl groups is 2. The second-order valence-electron chi connectivity index (χ2n) is 6.35. The van der Waals surface area contributed by atoms with E-state index in [9.17, 15) is 15.0 Å². The first-order valence-electron chi connectivity index (χ1n) is 8.47. The normalized spacial score (nSPS) is 23.2. The number of carbonyl (C=O) groups is 1. The van der Waals surface area contributed by atoms with E-state index < -0.39 is 18.2 Å². The summed E-state index contributed by atoms with van der Waals surface area (Å²) in [5, 5.41) is 22.3. The summed E-state index contributed by atoms with van der Waals surface area (Å²) in [4.78, 5) is 12.6. The van der Waals surface area contributed by atoms with Gasteiger partial charge in [-0.1, -0.05) is 36.4 Å². The van der Waals surface area contributed by atoms with Gasteiger partial charge in [0.2, 0.25) is 0 Å². The molecule has 0 saturated carbocycles. The summed E-state index contributed by atoms with van der Waals surface area (Å²) in [7, 11) is 0. The molecule has 0 aliphatic carbocycles. The molecule has 25 heavy (non-hydrogen) atoms. The van der Waals surface area contributed by atoms with Gasteiger partial charge in [0.05, 0.1) is 12.6 Å². The van der Waals surface area contributed by atoms with E-state index in [1.54, 1.807) is 6.07 Å². The predicted molar refractivity (Wildman–Crippen MR) is 95.3 cm³/mol. The Morgan fingerprint density at radius 1 is 1.24 bits per heavy atom. The summed E-state index contributed by atoms with van der Waals surface area (Å²) >= 11 is 0. The van der Waals surface area contributed by atoms with Crippen molar-refractivity contribution in [2.24, 2.45) is 0 Å². The molecule has 1 saturated heterocycles. The van der Waals surface area contributed by atoms with Crippen LogP contribution in [0.4, 0.5) is 0 Å². The SMILES string of the molecule is Cc1ccccc1-c1cccc(C(=O)N[C@H]2CCO[C@H](CO)[C@H]2O)c1. The Morgan fingerprint density at radius 3 is 2.80 bits per heavy atom. The van der Waals surface area contributed by atoms with Crippen molar-refractivity contribution in [3.8, 4) is 11.1 Å². The van der Waals surface area contributed by atoms with Gasteiger partial charge in [-0.25, -0.2) is 0 Å². The van der Waals surface area contributed by atoms with Crippen LogP contribution in [0.2, 0.25) is 0 Å². The van der Waals surface area contributed by atoms with Crippen molar-refractivity contribution in [3.63, 3.8) is 0 Å². The fourth-order valence-electron chi connectivity index (χ4n) is 3.17. The van der Waals surface area contributed by atoms with E-state index in [-0.39, 0.29) is 12.5 Å². The second-order valence-corrected chi connectivity index (χ2v) is 6.35. The van der Waals surface area contributed by atoms with Crippen molar-refractivity contribution in [3.05, 3.63) is 59.7 Å². The highest BCUT2D eigenvalue weighted by atomic mass is 16.5. The van der Waals surface area contributed by atoms with E-state index in [4.69, 9.17) is 4.74 Å². The van der Waals surface area contributed by atoms with E-state index in [1.807, 2.05) is 49.4 Å². The molecule has 2 aromatic rings. The lowest BCUT2D eigenvalue weighted by Gasteiger charge is -2.34. The average molecular weight is 341 g/mol. The highest BCUT2D eigenvalue weighted by molar-refractivity contribution is 5.95. The smallest absolute Gasteiger partial charge is 0.251 e. The lowest BCUT2D eigenvalue weighted by molar-refractivity contribution is -0.107. The maximum atomic E-state index is 12.6. The molecule has 0 spiro atoms. The second kappa shape index (κ2) is 7.78. The van der Waals surface area contributed by atoms with Crippen LogP contribution in [0.5, 0.6) is 0 Å². The van der Waals surface area contributed by atoms with Crippen LogP contribution in [0.15, 0.2) is 48.5 Å². The van der Waals surface area contributed by atoms with Crippen LogP contribution in [-0.4, -0.2) is 47.6 Å². The van der Waals surface area contributed by atoms with Gasteiger partial charge in [0.25, 0.3) is 5.91 Å². The third kappa shape index (κ3) is 3.90. The number of rotatable bonds is 4. The molecule has 1 fully saturated rings. The number of aliphatic hydroxyl groups excluding tert-OH is 2. The van der Waals surface area contributed by atoms with Gasteiger partial charge in [-0.05, 0) is 42.2 Å². The molecule has 1 amide bonds. The Kier molecular flexibility index (Phi) is 5.48. The van der Waals surface area contributed by atoms with Crippen LogP contribution in [0.25, 0.3) is 11.1 Å². The minimum absolute atomic E-state index is 0.238. The Bertz CT molecular complexity index is 746. The molecule has 0 unspecified atom stereocenters. The minimum Gasteiger partial charge on any atom is -0.394 e. The van der Waals surface area contributed by atoms with Crippen molar-refractivity contribution >= 4 is 5.91 Å². The Hall–Kier alpha value is -2.21. The van der Waals surface area contributed by atoms with Crippen LogP contribution in [0.3, 0.4) is 0 Å². The van der Waals surface area contributed by atoms with E-state index >= 15 is 0 Å². The molecule has 2 aromatic carbocycles. The van der Waals surface area contributed by atoms with E-state index in [0.717, 1.165) is 16.7 Å². The quantitative estimate of drug-likeness (QED) is 0.794. The maximum Gasteiger partial charge on any atom is 0.251 e. The van der Waals surface area contributed by atoms with Crippen LogP contribution in [0, 0.1) is 6.92 Å². The van der Waals surface area contributed by atoms with Gasteiger partial charge in [0.15, 0.2) is 0 Å². The summed E-state index contributed by atoms with van der Waals surface area (Å²) < 4.78 is 5.30. The summed E-state index contributed by atoms with van der Waals surface area (Å²) in [5.74, 6) is -0.238. The molecular formula is C20H23NO4. The van der Waals surface area contributed by atoms with Gasteiger partial charge in [-0.15, -0.1) is 0 Å². The molecule has 5 nitrogen and oxygen atoms in total. The zero-order valence-corrected chi connectivity index (χ0v) is 14.2. The Balaban J connectivity index is 1.77. The van der Waals surface area contributed by atoms with Crippen LogP contribution in [0.1, 0.15) is 22.3 Å². The monoisotopic (exact) mass is 341 g/mol. The van der Waals surface area contributed by atoms with Crippen molar-refractivity contribution in [2.75, 3.05) is 13.2 Å². The van der Waals surface area contributed by atoms with Crippen LogP contribution < -0.4 is 5.32 Å². The first-order valence-corrected chi connectivity index (χ1v) is 8.47. The lowest BCUT2D eigenvalue weighted by Crippen LogP contribution is -2.54. The molecule has 0 aromatic heterocycles. The number of ether oxygens (including phenoxy) is 1. The lowest BCUT2D eigenvalue weighted by atomic mass is 9.97. The van der Waals surface area contributed by atoms with E-state index in [1.165, 1.54) is 0 Å². The topological polar surface area (TPSA) is 78.8 Å². The number of hydrogen-bond donors (Lipinski definition) is 3. The molecular weight excluding hydrogens is 318 g/mol. The number of carbonyl (C=O) groups excluding carboxylic acids is 1. The number of aryl methyl sites for hydroxylation is 1. The number of hydrogen-bond acceptors (Lipinski definition) is 4. The molecule has 0 radical (unpaired) electrons. The zero-order chi connectivity index (χ0) is 17.8. The zero-order valence-electron chi connectivity index (χ0n) is 14.2. The molecule has 5 heteroatoms. The van der Waals surface area contributed by atoms with Gasteiger partial charge in [-0.2, -0.15) is 0 Å². The van der Waals surface area contributed by atoms with E-state index in [2.05, 4.69) is 5.32 Å². The van der Waals surface area contributed by atoms with Gasteiger partial charge in [0, 0.05) is 12.2 Å². The standard InChI is InChI=1S/C20H23NO4/c1-13-5-2-3-8-16(13)14-6-4-7-15(11-14)20(24)21-17-9-10-25-18(12-22)19(17)23/h2-8,11,17-19,22-23H,9-10,12H2,1H3,(H,21,24)/t17-,18+,19-/m0/s1. The molecule has 132 valence electrons. The molecule has 1 heterocycles. The van der Waals surface area contributed by atoms with Crippen molar-refractivity contribution < 1.29 is 19.7 Å². The van der Waals surface area contributed by atoms with Crippen molar-refractivity contribution in [1.29, 1.82) is 0 Å². The fraction of sp³-hybridized carbons (Fsp3) is 0.350. The molecule has 3 rings (SSSR count). The summed E-state index contributed by atoms with van der Waals surface area (Å²) in [6.07, 6.45) is -1.06. The van der Waals surface area contributed by atoms with Crippen LogP contribution >= 0.6 is 0 Å². The van der Waals surface area contributed by atoms with Gasteiger partial charge < -0.3 is 20.3 Å². The highest BCUT2D eigenvalue weighted by Gasteiger charge is 2.33. The number of benzene rings is 2. The van der Waals surface area contributed by atoms with Crippen molar-refractivity contribution in [2.45, 2.75) is 31.6 Å². The third-order valence-corrected chi connectivity index (χ3v) is 4.63. The first kappa shape index (κ1) is 17.6. The Labute approximate surface area is 147 Å². The van der Waals surface area contributed by atoms with E-state index in [0.29, 0.717) is 18.6 Å². The highest BCUT2D eigenvalue weighted by Crippen LogP contribution is 2.24. The predicted octanol–water partition coefficient (Wildman–Crippen LogP) is 1.90. The van der Waals surface area contributed by atoms with Crippen LogP contribution in [-0.2, 0) is 4.74 Å². The van der Waals surface area contributed by atoms with Gasteiger partial charge in [0.1, 0.15) is 12.2 Å². The molecule has 3 N–H and O–H groups in total. The largest absolute Gasteiger partial charge is 0.394 e.